The van der Waals surface area contributed by atoms with E-state index in [9.17, 15) is 0 Å². The molecule has 0 aromatic heterocycles. The summed E-state index contributed by atoms with van der Waals surface area (Å²) in [5, 5.41) is 3.31. The first-order chi connectivity index (χ1) is 6.87. The number of methoxy groups -OCH3 is 1. The van der Waals surface area contributed by atoms with Crippen molar-refractivity contribution in [1.82, 2.24) is 5.32 Å². The molecule has 1 saturated carbocycles. The molecule has 76 valence electrons. The van der Waals surface area contributed by atoms with Crippen molar-refractivity contribution < 1.29 is 4.74 Å². The van der Waals surface area contributed by atoms with Crippen LogP contribution in [-0.4, -0.2) is 20.4 Å². The second kappa shape index (κ2) is 4.11. The first kappa shape index (κ1) is 9.69. The third kappa shape index (κ3) is 1.97. The molecule has 0 aliphatic heterocycles. The van der Waals surface area contributed by atoms with Crippen LogP contribution in [0.3, 0.4) is 0 Å². The van der Waals surface area contributed by atoms with Crippen molar-refractivity contribution in [3.8, 4) is 0 Å². The minimum Gasteiger partial charge on any atom is -0.370 e. The highest BCUT2D eigenvalue weighted by Crippen LogP contribution is 2.47. The van der Waals surface area contributed by atoms with Crippen LogP contribution in [0, 0.1) is 0 Å². The molecule has 1 fully saturated rings. The Kier molecular flexibility index (Phi) is 2.85. The van der Waals surface area contributed by atoms with Gasteiger partial charge >= 0.3 is 0 Å². The van der Waals surface area contributed by atoms with Crippen molar-refractivity contribution in [2.45, 2.75) is 18.3 Å². The first-order valence-corrected chi connectivity index (χ1v) is 5.13. The van der Waals surface area contributed by atoms with Crippen LogP contribution in [0.15, 0.2) is 30.3 Å². The molecule has 14 heavy (non-hydrogen) atoms. The number of ether oxygens (including phenoxy) is 1. The molecule has 1 aliphatic rings. The Hall–Kier alpha value is -0.860. The van der Waals surface area contributed by atoms with Gasteiger partial charge in [0.05, 0.1) is 6.73 Å². The monoisotopic (exact) mass is 191 g/mol. The van der Waals surface area contributed by atoms with Gasteiger partial charge in [0.25, 0.3) is 0 Å². The zero-order valence-electron chi connectivity index (χ0n) is 8.62. The first-order valence-electron chi connectivity index (χ1n) is 5.13. The van der Waals surface area contributed by atoms with E-state index in [0.29, 0.717) is 12.1 Å². The van der Waals surface area contributed by atoms with E-state index in [4.69, 9.17) is 4.74 Å². The standard InChI is InChI=1S/C12H17NO/c1-14-10-13-9-12(7-8-12)11-5-3-2-4-6-11/h2-6,13H,7-10H2,1H3. The number of benzene rings is 1. The summed E-state index contributed by atoms with van der Waals surface area (Å²) in [6, 6.07) is 10.8. The smallest absolute Gasteiger partial charge is 0.0961 e. The Morgan fingerprint density at radius 1 is 1.29 bits per heavy atom. The highest BCUT2D eigenvalue weighted by Gasteiger charge is 2.43. The van der Waals surface area contributed by atoms with Gasteiger partial charge in [-0.25, -0.2) is 0 Å². The van der Waals surface area contributed by atoms with Gasteiger partial charge in [0.15, 0.2) is 0 Å². The van der Waals surface area contributed by atoms with Crippen LogP contribution in [0.25, 0.3) is 0 Å². The average Bonchev–Trinajstić information content (AvgIpc) is 3.01. The van der Waals surface area contributed by atoms with Crippen LogP contribution in [0.5, 0.6) is 0 Å². The third-order valence-corrected chi connectivity index (χ3v) is 2.95. The fraction of sp³-hybridized carbons (Fsp3) is 0.500. The molecule has 0 bridgehead atoms. The van der Waals surface area contributed by atoms with Crippen LogP contribution in [0.1, 0.15) is 18.4 Å². The van der Waals surface area contributed by atoms with Gasteiger partial charge in [0, 0.05) is 19.1 Å². The molecule has 1 N–H and O–H groups in total. The van der Waals surface area contributed by atoms with Gasteiger partial charge in [-0.3, -0.25) is 5.32 Å². The van der Waals surface area contributed by atoms with Crippen LogP contribution in [0.2, 0.25) is 0 Å². The molecule has 2 rings (SSSR count). The lowest BCUT2D eigenvalue weighted by atomic mass is 9.96. The van der Waals surface area contributed by atoms with E-state index in [0.717, 1.165) is 6.54 Å². The van der Waals surface area contributed by atoms with Crippen molar-refractivity contribution in [1.29, 1.82) is 0 Å². The molecule has 2 heteroatoms. The molecular formula is C12H17NO. The molecule has 0 unspecified atom stereocenters. The van der Waals surface area contributed by atoms with Gasteiger partial charge in [0.1, 0.15) is 0 Å². The van der Waals surface area contributed by atoms with Gasteiger partial charge in [-0.2, -0.15) is 0 Å². The van der Waals surface area contributed by atoms with Crippen molar-refractivity contribution in [2.24, 2.45) is 0 Å². The van der Waals surface area contributed by atoms with E-state index in [-0.39, 0.29) is 0 Å². The summed E-state index contributed by atoms with van der Waals surface area (Å²) in [6.45, 7) is 1.68. The zero-order chi connectivity index (χ0) is 9.86. The lowest BCUT2D eigenvalue weighted by Gasteiger charge is -2.15. The summed E-state index contributed by atoms with van der Waals surface area (Å²) in [6.07, 6.45) is 2.60. The van der Waals surface area contributed by atoms with Gasteiger partial charge in [-0.1, -0.05) is 30.3 Å². The second-order valence-corrected chi connectivity index (χ2v) is 4.01. The van der Waals surface area contributed by atoms with Crippen LogP contribution < -0.4 is 5.32 Å². The molecule has 1 aromatic carbocycles. The van der Waals surface area contributed by atoms with E-state index in [2.05, 4.69) is 35.6 Å². The summed E-state index contributed by atoms with van der Waals surface area (Å²) in [5.41, 5.74) is 1.86. The van der Waals surface area contributed by atoms with E-state index in [1.54, 1.807) is 7.11 Å². The molecule has 0 heterocycles. The molecular weight excluding hydrogens is 174 g/mol. The van der Waals surface area contributed by atoms with E-state index in [1.807, 2.05) is 0 Å². The van der Waals surface area contributed by atoms with E-state index < -0.39 is 0 Å². The Morgan fingerprint density at radius 2 is 2.00 bits per heavy atom. The minimum atomic E-state index is 0.403. The summed E-state index contributed by atoms with van der Waals surface area (Å²) in [7, 11) is 1.72. The molecule has 1 aromatic rings. The third-order valence-electron chi connectivity index (χ3n) is 2.95. The topological polar surface area (TPSA) is 21.3 Å². The maximum Gasteiger partial charge on any atom is 0.0961 e. The lowest BCUT2D eigenvalue weighted by molar-refractivity contribution is 0.172. The highest BCUT2D eigenvalue weighted by molar-refractivity contribution is 5.31. The van der Waals surface area contributed by atoms with Crippen molar-refractivity contribution in [3.63, 3.8) is 0 Å². The van der Waals surface area contributed by atoms with Gasteiger partial charge < -0.3 is 4.74 Å². The van der Waals surface area contributed by atoms with E-state index in [1.165, 1.54) is 18.4 Å². The van der Waals surface area contributed by atoms with Crippen molar-refractivity contribution >= 4 is 0 Å². The predicted octanol–water partition coefficient (Wildman–Crippen LogP) is 1.91. The fourth-order valence-corrected chi connectivity index (χ4v) is 1.90. The SMILES string of the molecule is COCNCC1(c2ccccc2)CC1. The summed E-state index contributed by atoms with van der Waals surface area (Å²) in [4.78, 5) is 0. The van der Waals surface area contributed by atoms with Crippen LogP contribution in [0.4, 0.5) is 0 Å². The maximum atomic E-state index is 4.99. The highest BCUT2D eigenvalue weighted by atomic mass is 16.5. The molecule has 2 nitrogen and oxygen atoms in total. The Bertz CT molecular complexity index is 280. The van der Waals surface area contributed by atoms with Crippen LogP contribution in [-0.2, 0) is 10.2 Å². The minimum absolute atomic E-state index is 0.403. The summed E-state index contributed by atoms with van der Waals surface area (Å²) >= 11 is 0. The predicted molar refractivity (Wildman–Crippen MR) is 57.2 cm³/mol. The van der Waals surface area contributed by atoms with Gasteiger partial charge in [-0.05, 0) is 18.4 Å². The summed E-state index contributed by atoms with van der Waals surface area (Å²) < 4.78 is 4.99. The molecule has 1 aliphatic carbocycles. The Morgan fingerprint density at radius 3 is 2.57 bits per heavy atom. The molecule has 0 atom stereocenters. The van der Waals surface area contributed by atoms with Crippen LogP contribution >= 0.6 is 0 Å². The average molecular weight is 191 g/mol. The van der Waals surface area contributed by atoms with Crippen molar-refractivity contribution in [3.05, 3.63) is 35.9 Å². The Balaban J connectivity index is 1.96. The fourth-order valence-electron chi connectivity index (χ4n) is 1.90. The van der Waals surface area contributed by atoms with Gasteiger partial charge in [0.2, 0.25) is 0 Å². The molecule has 0 amide bonds. The quantitative estimate of drug-likeness (QED) is 0.567. The zero-order valence-corrected chi connectivity index (χ0v) is 8.62. The number of rotatable bonds is 5. The van der Waals surface area contributed by atoms with Crippen molar-refractivity contribution in [2.75, 3.05) is 20.4 Å². The molecule has 0 saturated heterocycles. The number of hydrogen-bond donors (Lipinski definition) is 1. The largest absolute Gasteiger partial charge is 0.370 e. The summed E-state index contributed by atoms with van der Waals surface area (Å²) in [5.74, 6) is 0. The lowest BCUT2D eigenvalue weighted by Crippen LogP contribution is -2.28. The molecule has 0 spiro atoms. The second-order valence-electron chi connectivity index (χ2n) is 4.01. The maximum absolute atomic E-state index is 4.99. The molecule has 0 radical (unpaired) electrons. The van der Waals surface area contributed by atoms with Gasteiger partial charge in [-0.15, -0.1) is 0 Å². The Labute approximate surface area is 85.3 Å². The number of hydrogen-bond acceptors (Lipinski definition) is 2. The normalized spacial score (nSPS) is 18.1. The number of nitrogens with one attached hydrogen (secondary N) is 1. The van der Waals surface area contributed by atoms with E-state index >= 15 is 0 Å².